The average molecular weight is 263 g/mol. The molecule has 0 bridgehead atoms. The van der Waals surface area contributed by atoms with E-state index in [1.54, 1.807) is 0 Å². The summed E-state index contributed by atoms with van der Waals surface area (Å²) in [5.41, 5.74) is 4.39. The molecule has 1 aromatic carbocycles. The molecule has 0 saturated carbocycles. The Kier molecular flexibility index (Phi) is 3.47. The fourth-order valence-electron chi connectivity index (χ4n) is 2.07. The van der Waals surface area contributed by atoms with Gasteiger partial charge in [-0.25, -0.2) is 17.6 Å². The second-order valence-electron chi connectivity index (χ2n) is 4.46. The van der Waals surface area contributed by atoms with Crippen LogP contribution in [0.2, 0.25) is 0 Å². The first-order valence-corrected chi connectivity index (χ1v) is 5.50. The van der Waals surface area contributed by atoms with Gasteiger partial charge in [-0.3, -0.25) is 0 Å². The Morgan fingerprint density at radius 1 is 1.33 bits per heavy atom. The monoisotopic (exact) mass is 263 g/mol. The minimum absolute atomic E-state index is 0.0129. The summed E-state index contributed by atoms with van der Waals surface area (Å²) < 4.78 is 56.1. The van der Waals surface area contributed by atoms with Gasteiger partial charge in [0.15, 0.2) is 5.60 Å². The van der Waals surface area contributed by atoms with Gasteiger partial charge in [0.25, 0.3) is 6.43 Å². The average Bonchev–Trinajstić information content (AvgIpc) is 2.37. The molecule has 0 aromatic heterocycles. The highest BCUT2D eigenvalue weighted by molar-refractivity contribution is 5.42. The molecule has 0 amide bonds. The maximum Gasteiger partial charge on any atom is 0.263 e. The Labute approximate surface area is 102 Å². The van der Waals surface area contributed by atoms with Crippen molar-refractivity contribution in [3.05, 3.63) is 29.3 Å². The quantitative estimate of drug-likeness (QED) is 0.850. The number of hydrogen-bond donors (Lipinski definition) is 1. The van der Waals surface area contributed by atoms with Crippen molar-refractivity contribution in [1.29, 1.82) is 0 Å². The van der Waals surface area contributed by atoms with E-state index in [-0.39, 0.29) is 17.7 Å². The van der Waals surface area contributed by atoms with Gasteiger partial charge in [-0.05, 0) is 6.07 Å². The summed E-state index contributed by atoms with van der Waals surface area (Å²) in [5.74, 6) is 0.0434. The largest absolute Gasteiger partial charge is 0.481 e. The Morgan fingerprint density at radius 3 is 2.56 bits per heavy atom. The van der Waals surface area contributed by atoms with Gasteiger partial charge in [-0.1, -0.05) is 12.1 Å². The lowest BCUT2D eigenvalue weighted by Crippen LogP contribution is -2.46. The van der Waals surface area contributed by atoms with E-state index in [2.05, 4.69) is 0 Å². The fourth-order valence-corrected chi connectivity index (χ4v) is 2.07. The third-order valence-corrected chi connectivity index (χ3v) is 3.09. The molecule has 0 aliphatic carbocycles. The number of ether oxygens (including phenoxy) is 1. The van der Waals surface area contributed by atoms with E-state index >= 15 is 0 Å². The Hall–Kier alpha value is -1.30. The van der Waals surface area contributed by atoms with Gasteiger partial charge >= 0.3 is 0 Å². The van der Waals surface area contributed by atoms with E-state index in [4.69, 9.17) is 10.5 Å². The van der Waals surface area contributed by atoms with Crippen LogP contribution in [0, 0.1) is 0 Å². The first kappa shape index (κ1) is 13.1. The van der Waals surface area contributed by atoms with E-state index in [9.17, 15) is 17.6 Å². The van der Waals surface area contributed by atoms with Crippen LogP contribution >= 0.6 is 0 Å². The van der Waals surface area contributed by atoms with Crippen molar-refractivity contribution in [2.75, 3.05) is 13.3 Å². The normalized spacial score (nSPS) is 21.6. The summed E-state index contributed by atoms with van der Waals surface area (Å²) in [7, 11) is 0. The second-order valence-corrected chi connectivity index (χ2v) is 4.46. The summed E-state index contributed by atoms with van der Waals surface area (Å²) in [6.45, 7) is -2.09. The van der Waals surface area contributed by atoms with Crippen molar-refractivity contribution >= 4 is 0 Å². The molecule has 6 heteroatoms. The molecule has 0 spiro atoms. The first-order chi connectivity index (χ1) is 8.51. The number of halogens is 4. The molecular formula is C12H13F4NO. The molecule has 1 atom stereocenters. The molecule has 1 aliphatic heterocycles. The highest BCUT2D eigenvalue weighted by atomic mass is 19.3. The third-order valence-electron chi connectivity index (χ3n) is 3.09. The van der Waals surface area contributed by atoms with Crippen molar-refractivity contribution in [2.45, 2.75) is 24.5 Å². The van der Waals surface area contributed by atoms with E-state index in [1.807, 2.05) is 0 Å². The summed E-state index contributed by atoms with van der Waals surface area (Å²) in [6.07, 6.45) is -2.68. The molecule has 2 rings (SSSR count). The first-order valence-electron chi connectivity index (χ1n) is 5.50. The smallest absolute Gasteiger partial charge is 0.263 e. The summed E-state index contributed by atoms with van der Waals surface area (Å²) in [5, 5.41) is 0. The molecule has 1 aliphatic rings. The van der Waals surface area contributed by atoms with Gasteiger partial charge in [0, 0.05) is 23.6 Å². The SMILES string of the molecule is NC1CC(CF)(CF)Oc2cc(C(F)F)ccc21. The van der Waals surface area contributed by atoms with E-state index < -0.39 is 31.4 Å². The van der Waals surface area contributed by atoms with Crippen LogP contribution < -0.4 is 10.5 Å². The maximum atomic E-state index is 12.9. The lowest BCUT2D eigenvalue weighted by molar-refractivity contribution is -0.00812. The molecule has 1 aromatic rings. The third kappa shape index (κ3) is 2.16. The second kappa shape index (κ2) is 4.76. The molecule has 1 heterocycles. The molecule has 0 radical (unpaired) electrons. The van der Waals surface area contributed by atoms with E-state index in [0.717, 1.165) is 6.07 Å². The lowest BCUT2D eigenvalue weighted by Gasteiger charge is -2.37. The number of benzene rings is 1. The minimum atomic E-state index is -2.66. The predicted molar refractivity (Wildman–Crippen MR) is 58.3 cm³/mol. The molecule has 1 unspecified atom stereocenters. The van der Waals surface area contributed by atoms with Crippen molar-refractivity contribution in [3.8, 4) is 5.75 Å². The summed E-state index contributed by atoms with van der Waals surface area (Å²) in [6, 6.07) is 3.14. The van der Waals surface area contributed by atoms with Crippen LogP contribution in [-0.2, 0) is 0 Å². The van der Waals surface area contributed by atoms with Crippen molar-refractivity contribution in [2.24, 2.45) is 5.73 Å². The molecule has 0 fully saturated rings. The van der Waals surface area contributed by atoms with Crippen LogP contribution in [-0.4, -0.2) is 19.0 Å². The molecule has 2 nitrogen and oxygen atoms in total. The van der Waals surface area contributed by atoms with Gasteiger partial charge in [-0.15, -0.1) is 0 Å². The van der Waals surface area contributed by atoms with Crippen molar-refractivity contribution in [3.63, 3.8) is 0 Å². The zero-order valence-electron chi connectivity index (χ0n) is 9.51. The number of alkyl halides is 4. The highest BCUT2D eigenvalue weighted by Crippen LogP contribution is 2.40. The number of hydrogen-bond acceptors (Lipinski definition) is 2. The summed E-state index contributed by atoms with van der Waals surface area (Å²) >= 11 is 0. The molecule has 2 N–H and O–H groups in total. The number of nitrogens with two attached hydrogens (primary N) is 1. The van der Waals surface area contributed by atoms with Gasteiger partial charge in [0.05, 0.1) is 0 Å². The van der Waals surface area contributed by atoms with Crippen LogP contribution in [0.1, 0.15) is 30.0 Å². The topological polar surface area (TPSA) is 35.2 Å². The van der Waals surface area contributed by atoms with Crippen LogP contribution in [0.5, 0.6) is 5.75 Å². The molecular weight excluding hydrogens is 250 g/mol. The van der Waals surface area contributed by atoms with Gasteiger partial charge in [0.1, 0.15) is 19.1 Å². The number of rotatable bonds is 3. The standard InChI is InChI=1S/C12H13F4NO/c13-5-12(6-14)4-9(17)8-2-1-7(11(15)16)3-10(8)18-12/h1-3,9,11H,4-6,17H2. The zero-order chi connectivity index (χ0) is 13.3. The van der Waals surface area contributed by atoms with E-state index in [1.165, 1.54) is 12.1 Å². The Bertz CT molecular complexity index is 434. The van der Waals surface area contributed by atoms with Crippen molar-refractivity contribution < 1.29 is 22.3 Å². The molecule has 100 valence electrons. The van der Waals surface area contributed by atoms with Crippen LogP contribution in [0.25, 0.3) is 0 Å². The highest BCUT2D eigenvalue weighted by Gasteiger charge is 2.40. The van der Waals surface area contributed by atoms with Gasteiger partial charge < -0.3 is 10.5 Å². The molecule has 0 saturated heterocycles. The summed E-state index contributed by atoms with van der Waals surface area (Å²) in [4.78, 5) is 0. The fraction of sp³-hybridized carbons (Fsp3) is 0.500. The van der Waals surface area contributed by atoms with Crippen LogP contribution in [0.15, 0.2) is 18.2 Å². The van der Waals surface area contributed by atoms with Crippen LogP contribution in [0.3, 0.4) is 0 Å². The zero-order valence-corrected chi connectivity index (χ0v) is 9.51. The van der Waals surface area contributed by atoms with Crippen LogP contribution in [0.4, 0.5) is 17.6 Å². The maximum absolute atomic E-state index is 12.9. The lowest BCUT2D eigenvalue weighted by atomic mass is 9.89. The molecule has 18 heavy (non-hydrogen) atoms. The minimum Gasteiger partial charge on any atom is -0.481 e. The van der Waals surface area contributed by atoms with Crippen molar-refractivity contribution in [1.82, 2.24) is 0 Å². The number of fused-ring (bicyclic) bond motifs is 1. The Morgan fingerprint density at radius 2 is 2.00 bits per heavy atom. The van der Waals surface area contributed by atoms with Gasteiger partial charge in [-0.2, -0.15) is 0 Å². The van der Waals surface area contributed by atoms with E-state index in [0.29, 0.717) is 5.56 Å². The Balaban J connectivity index is 2.40. The van der Waals surface area contributed by atoms with Gasteiger partial charge in [0.2, 0.25) is 0 Å². The predicted octanol–water partition coefficient (Wildman–Crippen LogP) is 3.08.